The van der Waals surface area contributed by atoms with E-state index in [1.165, 1.54) is 24.1 Å². The molecule has 3 heterocycles. The first-order valence-corrected chi connectivity index (χ1v) is 10.6. The average molecular weight is 416 g/mol. The van der Waals surface area contributed by atoms with Crippen molar-refractivity contribution in [1.29, 1.82) is 0 Å². The largest absolute Gasteiger partial charge is 0.380 e. The molecule has 1 aromatic heterocycles. The smallest absolute Gasteiger partial charge is 0.182 e. The molecule has 0 radical (unpaired) electrons. The van der Waals surface area contributed by atoms with E-state index >= 15 is 0 Å². The molecule has 0 spiro atoms. The zero-order valence-electron chi connectivity index (χ0n) is 18.5. The number of pyridine rings is 1. The highest BCUT2D eigenvalue weighted by molar-refractivity contribution is 5.80. The van der Waals surface area contributed by atoms with E-state index in [-0.39, 0.29) is 5.41 Å². The number of aliphatic hydroxyl groups is 2. The van der Waals surface area contributed by atoms with Gasteiger partial charge >= 0.3 is 0 Å². The van der Waals surface area contributed by atoms with E-state index in [1.807, 2.05) is 18.2 Å². The SMILES string of the molecule is CC(C)c1ccc([C@](O)(c2cncc(C#CC3(O)C=CN=C3)c2)C2(C)CN(C)C2)cc1. The van der Waals surface area contributed by atoms with Crippen LogP contribution < -0.4 is 0 Å². The summed E-state index contributed by atoms with van der Waals surface area (Å²) >= 11 is 0. The number of aliphatic imine (C=N–C) groups is 1. The Morgan fingerprint density at radius 2 is 1.84 bits per heavy atom. The number of likely N-dealkylation sites (tertiary alicyclic amines) is 1. The lowest BCUT2D eigenvalue weighted by atomic mass is 9.62. The summed E-state index contributed by atoms with van der Waals surface area (Å²) in [6, 6.07) is 10.1. The normalized spacial score (nSPS) is 23.8. The fourth-order valence-electron chi connectivity index (χ4n) is 4.66. The van der Waals surface area contributed by atoms with Crippen LogP contribution in [-0.4, -0.2) is 52.0 Å². The van der Waals surface area contributed by atoms with Gasteiger partial charge in [-0.05, 0) is 36.2 Å². The number of aromatic nitrogens is 1. The number of benzene rings is 1. The van der Waals surface area contributed by atoms with Crippen molar-refractivity contribution >= 4 is 6.21 Å². The van der Waals surface area contributed by atoms with Gasteiger partial charge < -0.3 is 15.1 Å². The molecule has 2 N–H and O–H groups in total. The van der Waals surface area contributed by atoms with Crippen molar-refractivity contribution in [3.63, 3.8) is 0 Å². The molecule has 2 aliphatic heterocycles. The Bertz CT molecular complexity index is 1070. The molecule has 2 aliphatic rings. The molecule has 1 saturated heterocycles. The van der Waals surface area contributed by atoms with Crippen molar-refractivity contribution in [2.24, 2.45) is 10.4 Å². The second-order valence-electron chi connectivity index (χ2n) is 9.35. The molecule has 1 aromatic carbocycles. The first-order chi connectivity index (χ1) is 14.7. The maximum atomic E-state index is 12.2. The van der Waals surface area contributed by atoms with Gasteiger partial charge in [-0.1, -0.05) is 56.9 Å². The summed E-state index contributed by atoms with van der Waals surface area (Å²) in [5.41, 5.74) is 0.479. The van der Waals surface area contributed by atoms with Crippen LogP contribution in [0.3, 0.4) is 0 Å². The quantitative estimate of drug-likeness (QED) is 0.753. The minimum Gasteiger partial charge on any atom is -0.380 e. The van der Waals surface area contributed by atoms with E-state index < -0.39 is 11.2 Å². The summed E-state index contributed by atoms with van der Waals surface area (Å²) in [6.07, 6.45) is 7.82. The van der Waals surface area contributed by atoms with Crippen LogP contribution >= 0.6 is 0 Å². The predicted molar refractivity (Wildman–Crippen MR) is 123 cm³/mol. The lowest BCUT2D eigenvalue weighted by Crippen LogP contribution is -2.63. The third kappa shape index (κ3) is 3.83. The second-order valence-corrected chi connectivity index (χ2v) is 9.35. The minimum absolute atomic E-state index is 0.367. The van der Waals surface area contributed by atoms with Gasteiger partial charge in [0, 0.05) is 48.2 Å². The van der Waals surface area contributed by atoms with Crippen LogP contribution in [0.2, 0.25) is 0 Å². The Hall–Kier alpha value is -2.78. The molecule has 1 unspecified atom stereocenters. The lowest BCUT2D eigenvalue weighted by Gasteiger charge is -2.55. The van der Waals surface area contributed by atoms with E-state index in [1.54, 1.807) is 12.4 Å². The van der Waals surface area contributed by atoms with E-state index in [0.29, 0.717) is 17.0 Å². The van der Waals surface area contributed by atoms with Crippen LogP contribution in [0.15, 0.2) is 60.0 Å². The Morgan fingerprint density at radius 3 is 2.42 bits per heavy atom. The second kappa shape index (κ2) is 7.72. The number of rotatable bonds is 4. The van der Waals surface area contributed by atoms with Gasteiger partial charge in [0.05, 0.1) is 6.21 Å². The minimum atomic E-state index is -1.36. The molecular weight excluding hydrogens is 386 g/mol. The molecule has 0 aliphatic carbocycles. The van der Waals surface area contributed by atoms with Crippen molar-refractivity contribution in [3.8, 4) is 11.8 Å². The number of nitrogens with zero attached hydrogens (tertiary/aromatic N) is 3. The van der Waals surface area contributed by atoms with E-state index in [2.05, 4.69) is 66.7 Å². The van der Waals surface area contributed by atoms with E-state index in [0.717, 1.165) is 18.7 Å². The molecular formula is C26H29N3O2. The van der Waals surface area contributed by atoms with Crippen molar-refractivity contribution in [1.82, 2.24) is 9.88 Å². The van der Waals surface area contributed by atoms with Crippen LogP contribution in [0.4, 0.5) is 0 Å². The van der Waals surface area contributed by atoms with Gasteiger partial charge in [0.1, 0.15) is 5.60 Å². The molecule has 0 amide bonds. The third-order valence-electron chi connectivity index (χ3n) is 6.36. The first kappa shape index (κ1) is 21.5. The highest BCUT2D eigenvalue weighted by Gasteiger charge is 2.55. The Labute approximate surface area is 184 Å². The van der Waals surface area contributed by atoms with Crippen LogP contribution in [0.5, 0.6) is 0 Å². The standard InChI is InChI=1S/C26H29N3O2/c1-19(2)21-5-7-22(8-6-21)26(31,24(3)17-29(4)18-24)23-13-20(14-28-15-23)9-10-25(30)11-12-27-16-25/h5-8,11-16,19,30-31H,17-18H2,1-4H3/t25?,26-/m0/s1. The van der Waals surface area contributed by atoms with Gasteiger partial charge in [-0.2, -0.15) is 0 Å². The number of hydrogen-bond donors (Lipinski definition) is 2. The molecule has 5 heteroatoms. The monoisotopic (exact) mass is 415 g/mol. The van der Waals surface area contributed by atoms with Gasteiger partial charge in [-0.15, -0.1) is 0 Å². The van der Waals surface area contributed by atoms with E-state index in [9.17, 15) is 10.2 Å². The number of hydrogen-bond acceptors (Lipinski definition) is 5. The predicted octanol–water partition coefficient (Wildman–Crippen LogP) is 3.07. The highest BCUT2D eigenvalue weighted by atomic mass is 16.3. The highest BCUT2D eigenvalue weighted by Crippen LogP contribution is 2.50. The maximum Gasteiger partial charge on any atom is 0.182 e. The van der Waals surface area contributed by atoms with Gasteiger partial charge in [-0.25, -0.2) is 0 Å². The summed E-state index contributed by atoms with van der Waals surface area (Å²) in [7, 11) is 2.06. The molecule has 160 valence electrons. The van der Waals surface area contributed by atoms with Crippen LogP contribution in [0.1, 0.15) is 48.9 Å². The maximum absolute atomic E-state index is 12.2. The van der Waals surface area contributed by atoms with Gasteiger partial charge in [0.15, 0.2) is 5.60 Å². The van der Waals surface area contributed by atoms with Gasteiger partial charge in [0.2, 0.25) is 0 Å². The fraction of sp³-hybridized carbons (Fsp3) is 0.385. The molecule has 4 rings (SSSR count). The summed E-state index contributed by atoms with van der Waals surface area (Å²) in [5.74, 6) is 6.23. The average Bonchev–Trinajstić information content (AvgIpc) is 3.17. The Balaban J connectivity index is 1.77. The molecule has 0 bridgehead atoms. The Morgan fingerprint density at radius 1 is 1.13 bits per heavy atom. The van der Waals surface area contributed by atoms with E-state index in [4.69, 9.17) is 0 Å². The zero-order valence-corrected chi connectivity index (χ0v) is 18.5. The lowest BCUT2D eigenvalue weighted by molar-refractivity contribution is -0.127. The van der Waals surface area contributed by atoms with Crippen molar-refractivity contribution in [2.75, 3.05) is 20.1 Å². The van der Waals surface area contributed by atoms with Crippen LogP contribution in [0.25, 0.3) is 0 Å². The van der Waals surface area contributed by atoms with Crippen molar-refractivity contribution in [2.45, 2.75) is 37.9 Å². The summed E-state index contributed by atoms with van der Waals surface area (Å²) in [4.78, 5) is 10.5. The van der Waals surface area contributed by atoms with Crippen LogP contribution in [-0.2, 0) is 5.60 Å². The molecule has 0 saturated carbocycles. The van der Waals surface area contributed by atoms with Gasteiger partial charge in [-0.3, -0.25) is 9.98 Å². The van der Waals surface area contributed by atoms with Crippen molar-refractivity contribution < 1.29 is 10.2 Å². The molecule has 2 aromatic rings. The fourth-order valence-corrected chi connectivity index (χ4v) is 4.66. The Kier molecular flexibility index (Phi) is 5.35. The molecule has 2 atom stereocenters. The molecule has 31 heavy (non-hydrogen) atoms. The summed E-state index contributed by atoms with van der Waals surface area (Å²) in [6.45, 7) is 7.98. The first-order valence-electron chi connectivity index (χ1n) is 10.6. The third-order valence-corrected chi connectivity index (χ3v) is 6.36. The summed E-state index contributed by atoms with van der Waals surface area (Å²) in [5, 5.41) is 22.6. The van der Waals surface area contributed by atoms with Gasteiger partial charge in [0.25, 0.3) is 0 Å². The zero-order chi connectivity index (χ0) is 22.3. The van der Waals surface area contributed by atoms with Crippen LogP contribution in [0, 0.1) is 17.3 Å². The topological polar surface area (TPSA) is 69.0 Å². The van der Waals surface area contributed by atoms with Crippen molar-refractivity contribution in [3.05, 3.63) is 77.3 Å². The molecule has 5 nitrogen and oxygen atoms in total. The summed E-state index contributed by atoms with van der Waals surface area (Å²) < 4.78 is 0. The molecule has 1 fully saturated rings.